The number of nitrogen functional groups attached to an aromatic ring is 1. The van der Waals surface area contributed by atoms with Crippen LogP contribution < -0.4 is 5.73 Å². The zero-order valence-electron chi connectivity index (χ0n) is 8.17. The summed E-state index contributed by atoms with van der Waals surface area (Å²) in [6.45, 7) is 6.47. The number of nitrogens with zero attached hydrogens (tertiary/aromatic N) is 2. The van der Waals surface area contributed by atoms with E-state index in [-0.39, 0.29) is 0 Å². The molecule has 0 saturated carbocycles. The van der Waals surface area contributed by atoms with Gasteiger partial charge < -0.3 is 10.7 Å². The first-order valence-corrected chi connectivity index (χ1v) is 4.74. The van der Waals surface area contributed by atoms with E-state index in [0.29, 0.717) is 12.0 Å². The van der Waals surface area contributed by atoms with Crippen molar-refractivity contribution in [2.24, 2.45) is 0 Å². The molecule has 4 heteroatoms. The minimum Gasteiger partial charge on any atom is -0.369 e. The molecule has 0 aliphatic carbocycles. The summed E-state index contributed by atoms with van der Waals surface area (Å²) in [5, 5.41) is 0. The Morgan fingerprint density at radius 3 is 3.00 bits per heavy atom. The Labute approximate surface area is 78.1 Å². The van der Waals surface area contributed by atoms with Crippen LogP contribution in [-0.4, -0.2) is 27.5 Å². The number of hydrogen-bond donors (Lipinski definition) is 2. The lowest BCUT2D eigenvalue weighted by molar-refractivity contribution is 0.200. The van der Waals surface area contributed by atoms with Gasteiger partial charge in [-0.15, -0.1) is 0 Å². The molecule has 0 fully saturated rings. The number of aromatic amines is 1. The van der Waals surface area contributed by atoms with Gasteiger partial charge in [-0.25, -0.2) is 4.98 Å². The average Bonchev–Trinajstić information content (AvgIpc) is 2.42. The van der Waals surface area contributed by atoms with Crippen LogP contribution in [0.25, 0.3) is 0 Å². The average molecular weight is 180 g/mol. The summed E-state index contributed by atoms with van der Waals surface area (Å²) in [5.74, 6) is 0.551. The van der Waals surface area contributed by atoms with E-state index in [0.717, 1.165) is 25.2 Å². The Balaban J connectivity index is 2.19. The number of hydrogen-bond acceptors (Lipinski definition) is 3. The predicted molar refractivity (Wildman–Crippen MR) is 52.3 cm³/mol. The normalized spacial score (nSPS) is 17.8. The quantitative estimate of drug-likeness (QED) is 0.670. The Morgan fingerprint density at radius 2 is 2.31 bits per heavy atom. The van der Waals surface area contributed by atoms with Crippen LogP contribution in [0.1, 0.15) is 25.2 Å². The fourth-order valence-corrected chi connectivity index (χ4v) is 1.78. The highest BCUT2D eigenvalue weighted by molar-refractivity contribution is 5.27. The largest absolute Gasteiger partial charge is 0.369 e. The second kappa shape index (κ2) is 3.03. The molecule has 1 aromatic heterocycles. The van der Waals surface area contributed by atoms with Gasteiger partial charge in [0.15, 0.2) is 5.95 Å². The minimum absolute atomic E-state index is 0.551. The van der Waals surface area contributed by atoms with E-state index in [9.17, 15) is 0 Å². The van der Waals surface area contributed by atoms with Gasteiger partial charge in [0.05, 0.1) is 11.4 Å². The highest BCUT2D eigenvalue weighted by atomic mass is 15.2. The molecule has 0 saturated heterocycles. The Morgan fingerprint density at radius 1 is 1.54 bits per heavy atom. The smallest absolute Gasteiger partial charge is 0.197 e. The number of imidazole rings is 1. The molecule has 4 nitrogen and oxygen atoms in total. The molecule has 0 aromatic carbocycles. The van der Waals surface area contributed by atoms with E-state index < -0.39 is 0 Å². The van der Waals surface area contributed by atoms with E-state index in [2.05, 4.69) is 28.7 Å². The first-order valence-electron chi connectivity index (χ1n) is 4.74. The maximum absolute atomic E-state index is 5.59. The molecule has 1 aromatic rings. The van der Waals surface area contributed by atoms with Crippen LogP contribution in [0.2, 0.25) is 0 Å². The molecule has 72 valence electrons. The molecule has 0 atom stereocenters. The van der Waals surface area contributed by atoms with Crippen molar-refractivity contribution in [1.82, 2.24) is 14.9 Å². The third-order valence-electron chi connectivity index (χ3n) is 2.61. The van der Waals surface area contributed by atoms with Crippen molar-refractivity contribution < 1.29 is 0 Å². The Bertz CT molecular complexity index is 303. The molecule has 0 spiro atoms. The molecule has 13 heavy (non-hydrogen) atoms. The van der Waals surface area contributed by atoms with Gasteiger partial charge in [0.25, 0.3) is 0 Å². The van der Waals surface area contributed by atoms with E-state index in [1.165, 1.54) is 5.69 Å². The summed E-state index contributed by atoms with van der Waals surface area (Å²) in [6, 6.07) is 0.595. The van der Waals surface area contributed by atoms with Gasteiger partial charge in [0.1, 0.15) is 0 Å². The molecule has 0 bridgehead atoms. The highest BCUT2D eigenvalue weighted by Gasteiger charge is 2.20. The van der Waals surface area contributed by atoms with Crippen molar-refractivity contribution >= 4 is 5.95 Å². The lowest BCUT2D eigenvalue weighted by Gasteiger charge is -2.29. The van der Waals surface area contributed by atoms with Gasteiger partial charge in [-0.1, -0.05) is 0 Å². The van der Waals surface area contributed by atoms with Crippen LogP contribution >= 0.6 is 0 Å². The topological polar surface area (TPSA) is 57.9 Å². The number of aromatic nitrogens is 2. The Hall–Kier alpha value is -1.03. The van der Waals surface area contributed by atoms with Crippen molar-refractivity contribution in [2.45, 2.75) is 32.9 Å². The lowest BCUT2D eigenvalue weighted by atomic mass is 10.1. The zero-order valence-corrected chi connectivity index (χ0v) is 8.17. The number of nitrogens with two attached hydrogens (primary N) is 1. The van der Waals surface area contributed by atoms with Crippen LogP contribution in [0.3, 0.4) is 0 Å². The summed E-state index contributed by atoms with van der Waals surface area (Å²) in [7, 11) is 0. The maximum atomic E-state index is 5.59. The summed E-state index contributed by atoms with van der Waals surface area (Å²) >= 11 is 0. The summed E-state index contributed by atoms with van der Waals surface area (Å²) in [6.07, 6.45) is 1.02. The second-order valence-electron chi connectivity index (χ2n) is 3.86. The zero-order chi connectivity index (χ0) is 9.42. The molecule has 2 heterocycles. The molecule has 0 amide bonds. The van der Waals surface area contributed by atoms with Gasteiger partial charge >= 0.3 is 0 Å². The molecule has 3 N–H and O–H groups in total. The van der Waals surface area contributed by atoms with Crippen molar-refractivity contribution in [1.29, 1.82) is 0 Å². The second-order valence-corrected chi connectivity index (χ2v) is 3.86. The molecule has 0 radical (unpaired) electrons. The standard InChI is InChI=1S/C9H16N4/c1-6(2)13-4-3-7-8(5-13)12-9(10)11-7/h6H,3-5H2,1-2H3,(H3,10,11,12). The number of nitrogens with one attached hydrogen (secondary N) is 1. The van der Waals surface area contributed by atoms with Crippen molar-refractivity contribution in [2.75, 3.05) is 12.3 Å². The van der Waals surface area contributed by atoms with Crippen LogP contribution in [0.15, 0.2) is 0 Å². The summed E-state index contributed by atoms with van der Waals surface area (Å²) in [5.41, 5.74) is 7.93. The molecule has 1 aliphatic rings. The number of rotatable bonds is 1. The van der Waals surface area contributed by atoms with Crippen LogP contribution in [0.5, 0.6) is 0 Å². The fourth-order valence-electron chi connectivity index (χ4n) is 1.78. The van der Waals surface area contributed by atoms with E-state index in [4.69, 9.17) is 5.73 Å². The van der Waals surface area contributed by atoms with E-state index in [1.54, 1.807) is 0 Å². The monoisotopic (exact) mass is 180 g/mol. The first-order chi connectivity index (χ1) is 6.16. The third kappa shape index (κ3) is 1.54. The van der Waals surface area contributed by atoms with Crippen LogP contribution in [-0.2, 0) is 13.0 Å². The highest BCUT2D eigenvalue weighted by Crippen LogP contribution is 2.18. The lowest BCUT2D eigenvalue weighted by Crippen LogP contribution is -2.35. The Kier molecular flexibility index (Phi) is 2.00. The van der Waals surface area contributed by atoms with Crippen molar-refractivity contribution in [3.63, 3.8) is 0 Å². The molecule has 2 rings (SSSR count). The van der Waals surface area contributed by atoms with Gasteiger partial charge in [-0.05, 0) is 13.8 Å². The molecule has 1 aliphatic heterocycles. The van der Waals surface area contributed by atoms with Crippen molar-refractivity contribution in [3.8, 4) is 0 Å². The first kappa shape index (κ1) is 8.56. The maximum Gasteiger partial charge on any atom is 0.197 e. The predicted octanol–water partition coefficient (Wildman–Crippen LogP) is 0.758. The number of anilines is 1. The van der Waals surface area contributed by atoms with Crippen LogP contribution in [0, 0.1) is 0 Å². The van der Waals surface area contributed by atoms with Gasteiger partial charge in [-0.3, -0.25) is 4.90 Å². The molecular formula is C9H16N4. The SMILES string of the molecule is CC(C)N1CCc2nc(N)[nH]c2C1. The third-order valence-corrected chi connectivity index (χ3v) is 2.61. The summed E-state index contributed by atoms with van der Waals surface area (Å²) in [4.78, 5) is 9.76. The fraction of sp³-hybridized carbons (Fsp3) is 0.667. The number of fused-ring (bicyclic) bond motifs is 1. The van der Waals surface area contributed by atoms with Crippen molar-refractivity contribution in [3.05, 3.63) is 11.4 Å². The van der Waals surface area contributed by atoms with E-state index in [1.807, 2.05) is 0 Å². The van der Waals surface area contributed by atoms with Gasteiger partial charge in [-0.2, -0.15) is 0 Å². The molecule has 0 unspecified atom stereocenters. The summed E-state index contributed by atoms with van der Waals surface area (Å²) < 4.78 is 0. The van der Waals surface area contributed by atoms with Crippen LogP contribution in [0.4, 0.5) is 5.95 Å². The van der Waals surface area contributed by atoms with Gasteiger partial charge in [0, 0.05) is 25.6 Å². The van der Waals surface area contributed by atoms with E-state index >= 15 is 0 Å². The van der Waals surface area contributed by atoms with Gasteiger partial charge in [0.2, 0.25) is 0 Å². The minimum atomic E-state index is 0.551. The number of H-pyrrole nitrogens is 1. The molecular weight excluding hydrogens is 164 g/mol.